The lowest BCUT2D eigenvalue weighted by Gasteiger charge is -1.99. The Labute approximate surface area is 154 Å². The molecule has 0 aliphatic rings. The molecule has 0 radical (unpaired) electrons. The lowest BCUT2D eigenvalue weighted by molar-refractivity contribution is 0.0999. The predicted octanol–water partition coefficient (Wildman–Crippen LogP) is 4.05. The molecular formula is C16H15BrClNO4S. The van der Waals surface area contributed by atoms with Crippen LogP contribution in [0.1, 0.15) is 21.5 Å². The van der Waals surface area contributed by atoms with E-state index in [-0.39, 0.29) is 0 Å². The second-order valence-corrected chi connectivity index (χ2v) is 7.25. The van der Waals surface area contributed by atoms with Gasteiger partial charge in [0.15, 0.2) is 0 Å². The molecule has 0 spiro atoms. The minimum Gasteiger partial charge on any atom is -0.366 e. The zero-order valence-corrected chi connectivity index (χ0v) is 15.8. The zero-order chi connectivity index (χ0) is 18.3. The third-order valence-electron chi connectivity index (χ3n) is 2.71. The van der Waals surface area contributed by atoms with Gasteiger partial charge in [0, 0.05) is 9.50 Å². The first kappa shape index (κ1) is 20.4. The quantitative estimate of drug-likeness (QED) is 0.715. The lowest BCUT2D eigenvalue weighted by atomic mass is 10.1. The Balaban J connectivity index is 0.000000243. The fourth-order valence-electron chi connectivity index (χ4n) is 1.59. The highest BCUT2D eigenvalue weighted by atomic mass is 79.9. The van der Waals surface area contributed by atoms with Crippen molar-refractivity contribution in [3.63, 3.8) is 0 Å². The summed E-state index contributed by atoms with van der Waals surface area (Å²) in [7, 11) is -4.08. The minimum absolute atomic E-state index is 0.406. The van der Waals surface area contributed by atoms with Crippen molar-refractivity contribution in [2.75, 3.05) is 0 Å². The molecule has 5 nitrogen and oxygen atoms in total. The molecule has 0 fully saturated rings. The number of primary amides is 1. The minimum atomic E-state index is -4.08. The van der Waals surface area contributed by atoms with Gasteiger partial charge in [-0.15, -0.1) is 0 Å². The number of halogens is 2. The van der Waals surface area contributed by atoms with Gasteiger partial charge in [-0.2, -0.15) is 8.42 Å². The van der Waals surface area contributed by atoms with Crippen molar-refractivity contribution in [3.05, 3.63) is 74.1 Å². The molecule has 2 aromatic carbocycles. The number of carbonyl (C=O) groups is 1. The molecule has 3 N–H and O–H groups in total. The molecule has 0 unspecified atom stereocenters. The Morgan fingerprint density at radius 2 is 1.88 bits per heavy atom. The van der Waals surface area contributed by atoms with Crippen molar-refractivity contribution in [2.45, 2.75) is 6.92 Å². The van der Waals surface area contributed by atoms with Crippen LogP contribution in [0.25, 0.3) is 6.08 Å². The molecule has 0 aliphatic carbocycles. The van der Waals surface area contributed by atoms with Crippen molar-refractivity contribution in [3.8, 4) is 0 Å². The molecule has 0 atom stereocenters. The second-order valence-electron chi connectivity index (χ2n) is 4.69. The SMILES string of the molecule is Cc1ccc(C(N)=O)c(Br)c1.O=S(=O)(O)C=Cc1ccccc1Cl. The lowest BCUT2D eigenvalue weighted by Crippen LogP contribution is -2.11. The average Bonchev–Trinajstić information content (AvgIpc) is 2.45. The number of benzene rings is 2. The highest BCUT2D eigenvalue weighted by molar-refractivity contribution is 9.10. The van der Waals surface area contributed by atoms with Gasteiger partial charge >= 0.3 is 0 Å². The van der Waals surface area contributed by atoms with E-state index in [0.29, 0.717) is 21.6 Å². The average molecular weight is 433 g/mol. The van der Waals surface area contributed by atoms with E-state index in [2.05, 4.69) is 15.9 Å². The molecule has 1 amide bonds. The third kappa shape index (κ3) is 7.27. The third-order valence-corrected chi connectivity index (χ3v) is 4.20. The number of nitrogens with two attached hydrogens (primary N) is 1. The maximum absolute atomic E-state index is 10.7. The molecule has 8 heteroatoms. The van der Waals surface area contributed by atoms with Crippen LogP contribution in [-0.4, -0.2) is 18.9 Å². The summed E-state index contributed by atoms with van der Waals surface area (Å²) in [5.74, 6) is -0.406. The first-order valence-corrected chi connectivity index (χ1v) is 9.23. The van der Waals surface area contributed by atoms with Gasteiger partial charge in [0.25, 0.3) is 10.1 Å². The van der Waals surface area contributed by atoms with Crippen molar-refractivity contribution >= 4 is 49.6 Å². The molecule has 2 aromatic rings. The summed E-state index contributed by atoms with van der Waals surface area (Å²) in [6.07, 6.45) is 1.23. The highest BCUT2D eigenvalue weighted by Crippen LogP contribution is 2.17. The second kappa shape index (κ2) is 8.98. The largest absolute Gasteiger partial charge is 0.366 e. The Morgan fingerprint density at radius 3 is 2.38 bits per heavy atom. The summed E-state index contributed by atoms with van der Waals surface area (Å²) in [5, 5.41) is 1.12. The van der Waals surface area contributed by atoms with E-state index >= 15 is 0 Å². The molecular weight excluding hydrogens is 418 g/mol. The highest BCUT2D eigenvalue weighted by Gasteiger charge is 2.04. The Bertz CT molecular complexity index is 866. The van der Waals surface area contributed by atoms with Crippen molar-refractivity contribution < 1.29 is 17.8 Å². The molecule has 0 saturated heterocycles. The number of aryl methyl sites for hydroxylation is 1. The van der Waals surface area contributed by atoms with E-state index in [9.17, 15) is 13.2 Å². The van der Waals surface area contributed by atoms with E-state index in [1.54, 1.807) is 30.3 Å². The predicted molar refractivity (Wildman–Crippen MR) is 99.4 cm³/mol. The number of rotatable bonds is 3. The fourth-order valence-corrected chi connectivity index (χ4v) is 2.80. The van der Waals surface area contributed by atoms with Gasteiger partial charge in [-0.1, -0.05) is 35.9 Å². The Hall–Kier alpha value is -1.67. The molecule has 0 heterocycles. The van der Waals surface area contributed by atoms with Gasteiger partial charge in [0.05, 0.1) is 11.0 Å². The molecule has 0 bridgehead atoms. The fraction of sp³-hybridized carbons (Fsp3) is 0.0625. The van der Waals surface area contributed by atoms with Gasteiger partial charge in [-0.05, 0) is 58.3 Å². The van der Waals surface area contributed by atoms with Crippen molar-refractivity contribution in [2.24, 2.45) is 5.73 Å². The molecule has 0 saturated carbocycles. The van der Waals surface area contributed by atoms with Crippen LogP contribution in [-0.2, 0) is 10.1 Å². The van der Waals surface area contributed by atoms with Crippen molar-refractivity contribution in [1.29, 1.82) is 0 Å². The number of amides is 1. The van der Waals surface area contributed by atoms with Gasteiger partial charge in [0.1, 0.15) is 0 Å². The van der Waals surface area contributed by atoms with Gasteiger partial charge < -0.3 is 5.73 Å². The van der Waals surface area contributed by atoms with Crippen LogP contribution in [0.2, 0.25) is 5.02 Å². The number of hydrogen-bond donors (Lipinski definition) is 2. The molecule has 24 heavy (non-hydrogen) atoms. The maximum atomic E-state index is 10.7. The summed E-state index contributed by atoms with van der Waals surface area (Å²) in [5.41, 5.74) is 7.26. The topological polar surface area (TPSA) is 97.5 Å². The van der Waals surface area contributed by atoms with Crippen LogP contribution in [0.15, 0.2) is 52.3 Å². The molecule has 0 aliphatic heterocycles. The van der Waals surface area contributed by atoms with E-state index in [0.717, 1.165) is 10.0 Å². The normalized spacial score (nSPS) is 11.0. The molecule has 2 rings (SSSR count). The van der Waals surface area contributed by atoms with E-state index in [1.807, 2.05) is 19.1 Å². The first-order valence-electron chi connectivity index (χ1n) is 6.56. The van der Waals surface area contributed by atoms with Crippen molar-refractivity contribution in [1.82, 2.24) is 0 Å². The summed E-state index contributed by atoms with van der Waals surface area (Å²) in [6, 6.07) is 12.1. The number of carbonyl (C=O) groups excluding carboxylic acids is 1. The van der Waals surface area contributed by atoms with Gasteiger partial charge in [-0.25, -0.2) is 0 Å². The number of hydrogen-bond acceptors (Lipinski definition) is 3. The summed E-state index contributed by atoms with van der Waals surface area (Å²) >= 11 is 8.97. The van der Waals surface area contributed by atoms with Crippen LogP contribution < -0.4 is 5.73 Å². The van der Waals surface area contributed by atoms with E-state index in [1.165, 1.54) is 6.08 Å². The zero-order valence-electron chi connectivity index (χ0n) is 12.6. The van der Waals surface area contributed by atoms with Crippen LogP contribution in [0.5, 0.6) is 0 Å². The smallest absolute Gasteiger partial charge is 0.287 e. The van der Waals surface area contributed by atoms with Gasteiger partial charge in [0.2, 0.25) is 5.91 Å². The summed E-state index contributed by atoms with van der Waals surface area (Å²) < 4.78 is 29.8. The Kier molecular flexibility index (Phi) is 7.62. The molecule has 128 valence electrons. The van der Waals surface area contributed by atoms with Crippen LogP contribution in [0.3, 0.4) is 0 Å². The van der Waals surface area contributed by atoms with E-state index < -0.39 is 16.0 Å². The Morgan fingerprint density at radius 1 is 1.25 bits per heavy atom. The maximum Gasteiger partial charge on any atom is 0.287 e. The van der Waals surface area contributed by atoms with Gasteiger partial charge in [-0.3, -0.25) is 9.35 Å². The van der Waals surface area contributed by atoms with Crippen LogP contribution in [0.4, 0.5) is 0 Å². The van der Waals surface area contributed by atoms with Crippen LogP contribution >= 0.6 is 27.5 Å². The summed E-state index contributed by atoms with van der Waals surface area (Å²) in [6.45, 7) is 1.95. The summed E-state index contributed by atoms with van der Waals surface area (Å²) in [4.78, 5) is 10.7. The first-order chi connectivity index (χ1) is 11.1. The monoisotopic (exact) mass is 431 g/mol. The standard InChI is InChI=1S/C8H8BrNO.C8H7ClO3S/c1-5-2-3-6(8(10)11)7(9)4-5;9-8-4-2-1-3-7(8)5-6-13(10,11)12/h2-4H,1H3,(H2,10,11);1-6H,(H,10,11,12). The van der Waals surface area contributed by atoms with Crippen LogP contribution in [0, 0.1) is 6.92 Å². The molecule has 0 aromatic heterocycles. The van der Waals surface area contributed by atoms with E-state index in [4.69, 9.17) is 21.9 Å².